The Kier molecular flexibility index (Phi) is 4.52. The number of allylic oxidation sites excluding steroid dienone is 5. The molecule has 4 rings (SSSR count). The van der Waals surface area contributed by atoms with Crippen molar-refractivity contribution < 1.29 is 4.74 Å². The van der Waals surface area contributed by atoms with E-state index in [2.05, 4.69) is 55.5 Å². The molecule has 0 amide bonds. The predicted octanol–water partition coefficient (Wildman–Crippen LogP) is 3.89. The van der Waals surface area contributed by atoms with Crippen LogP contribution in [0.15, 0.2) is 49.1 Å². The van der Waals surface area contributed by atoms with Crippen LogP contribution in [0.1, 0.15) is 5.69 Å². The van der Waals surface area contributed by atoms with Gasteiger partial charge in [-0.1, -0.05) is 0 Å². The Morgan fingerprint density at radius 3 is 3.00 bits per heavy atom. The van der Waals surface area contributed by atoms with Gasteiger partial charge in [0.15, 0.2) is 0 Å². The van der Waals surface area contributed by atoms with Crippen LogP contribution in [0, 0.1) is 11.3 Å². The molecule has 3 aliphatic heterocycles. The quantitative estimate of drug-likeness (QED) is 0.391. The summed E-state index contributed by atoms with van der Waals surface area (Å²) in [5, 5.41) is 12.6. The van der Waals surface area contributed by atoms with E-state index < -0.39 is 19.8 Å². The molecule has 122 valence electrons. The topological polar surface area (TPSA) is 70.3 Å². The van der Waals surface area contributed by atoms with Crippen molar-refractivity contribution in [1.82, 2.24) is 4.98 Å². The summed E-state index contributed by atoms with van der Waals surface area (Å²) in [6, 6.07) is 4.66. The Bertz CT molecular complexity index is 849. The number of ether oxygens (including phenoxy) is 1. The maximum absolute atomic E-state index is 9.13. The van der Waals surface area contributed by atoms with Gasteiger partial charge in [0, 0.05) is 0 Å². The molecule has 0 saturated carbocycles. The summed E-state index contributed by atoms with van der Waals surface area (Å²) >= 11 is 1.94. The Hall–Kier alpha value is -1.50. The second kappa shape index (κ2) is 6.78. The second-order valence-electron chi connectivity index (χ2n) is 5.50. The number of hydrogen-bond acceptors (Lipinski definition) is 5. The van der Waals surface area contributed by atoms with E-state index >= 15 is 0 Å². The van der Waals surface area contributed by atoms with Gasteiger partial charge in [0.05, 0.1) is 0 Å². The van der Waals surface area contributed by atoms with Gasteiger partial charge < -0.3 is 0 Å². The molecule has 1 saturated heterocycles. The van der Waals surface area contributed by atoms with Crippen molar-refractivity contribution in [3.8, 4) is 6.07 Å². The van der Waals surface area contributed by atoms with Gasteiger partial charge in [-0.05, 0) is 0 Å². The normalized spacial score (nSPS) is 21.0. The third kappa shape index (κ3) is 3.06. The van der Waals surface area contributed by atoms with Crippen LogP contribution >= 0.6 is 35.7 Å². The summed E-state index contributed by atoms with van der Waals surface area (Å²) in [6.07, 6.45) is 9.80. The molecule has 1 aromatic heterocycles. The molecule has 0 radical (unpaired) electrons. The molecule has 0 bridgehead atoms. The fourth-order valence-corrected chi connectivity index (χ4v) is 7.80. The average Bonchev–Trinajstić information content (AvgIpc) is 2.82. The van der Waals surface area contributed by atoms with E-state index in [1.807, 2.05) is 12.3 Å². The van der Waals surface area contributed by atoms with E-state index in [9.17, 15) is 0 Å². The van der Waals surface area contributed by atoms with E-state index in [0.29, 0.717) is 11.6 Å². The van der Waals surface area contributed by atoms with Crippen LogP contribution in [-0.2, 0) is 4.74 Å². The number of anilines is 1. The first-order valence-corrected chi connectivity index (χ1v) is 11.9. The summed E-state index contributed by atoms with van der Waals surface area (Å²) in [7, 11) is 0. The number of fused-ring (bicyclic) bond motifs is 1. The van der Waals surface area contributed by atoms with E-state index in [0.717, 1.165) is 33.6 Å². The Morgan fingerprint density at radius 2 is 2.25 bits per heavy atom. The molecule has 1 aromatic rings. The van der Waals surface area contributed by atoms with Gasteiger partial charge in [-0.15, -0.1) is 0 Å². The molecule has 3 aliphatic rings. The molecule has 4 heterocycles. The Balaban J connectivity index is 1.61. The number of halogens is 2. The van der Waals surface area contributed by atoms with Crippen molar-refractivity contribution in [3.63, 3.8) is 0 Å². The molecule has 5 nitrogen and oxygen atoms in total. The van der Waals surface area contributed by atoms with Crippen LogP contribution in [0.4, 0.5) is 5.69 Å². The number of pyridine rings is 1. The third-order valence-corrected chi connectivity index (χ3v) is 10.0. The van der Waals surface area contributed by atoms with Crippen LogP contribution in [0.2, 0.25) is 0 Å². The molecular formula is C17H14BrIN4O. The van der Waals surface area contributed by atoms with Crippen molar-refractivity contribution in [1.29, 1.82) is 5.26 Å². The van der Waals surface area contributed by atoms with Gasteiger partial charge in [-0.25, -0.2) is 0 Å². The first kappa shape index (κ1) is 16.0. The van der Waals surface area contributed by atoms with Crippen LogP contribution in [-0.4, -0.2) is 35.0 Å². The molecule has 0 aromatic carbocycles. The average molecular weight is 497 g/mol. The van der Waals surface area contributed by atoms with Crippen molar-refractivity contribution in [2.24, 2.45) is 4.99 Å². The number of rotatable bonds is 3. The van der Waals surface area contributed by atoms with Gasteiger partial charge in [-0.2, -0.15) is 0 Å². The maximum atomic E-state index is 9.13. The monoisotopic (exact) mass is 496 g/mol. The van der Waals surface area contributed by atoms with Gasteiger partial charge in [0.1, 0.15) is 0 Å². The fraction of sp³-hybridized carbons (Fsp3) is 0.235. The van der Waals surface area contributed by atoms with Crippen molar-refractivity contribution in [3.05, 3.63) is 49.8 Å². The summed E-state index contributed by atoms with van der Waals surface area (Å²) in [6.45, 7) is 1.49. The molecule has 0 unspecified atom stereocenters. The zero-order valence-electron chi connectivity index (χ0n) is 12.7. The molecular weight excluding hydrogens is 483 g/mol. The number of aromatic nitrogens is 1. The minimum absolute atomic E-state index is 0.366. The van der Waals surface area contributed by atoms with Crippen molar-refractivity contribution >= 4 is 51.2 Å². The molecule has 1 N–H and O–H groups in total. The summed E-state index contributed by atoms with van der Waals surface area (Å²) in [5.74, 6) is 0. The van der Waals surface area contributed by atoms with Gasteiger partial charge in [0.2, 0.25) is 0 Å². The van der Waals surface area contributed by atoms with E-state index in [-0.39, 0.29) is 0 Å². The number of hydrogen-bond donors (Lipinski definition) is 1. The second-order valence-corrected chi connectivity index (χ2v) is 11.5. The number of alkyl halides is 1. The third-order valence-electron chi connectivity index (χ3n) is 3.84. The Labute approximate surface area is 155 Å². The van der Waals surface area contributed by atoms with Crippen molar-refractivity contribution in [2.75, 3.05) is 23.1 Å². The SMILES string of the molecule is N#CC1=CC2=CC=C(c3cc(NC4COC4)c(Br)cn3)I2CN=C1. The standard InChI is InChI=1S/C17H14BrIN4O/c18-14-7-22-17(4-16(14)23-13-8-24-9-13)15-2-1-12-3-11(5-20)6-21-10-19(12)15/h1-4,6-7,13H,8-10H2,(H,22,23). The van der Waals surface area contributed by atoms with Crippen LogP contribution in [0.25, 0.3) is 3.58 Å². The van der Waals surface area contributed by atoms with E-state index in [1.54, 1.807) is 6.21 Å². The molecule has 0 spiro atoms. The first-order chi connectivity index (χ1) is 11.7. The molecule has 7 heteroatoms. The van der Waals surface area contributed by atoms with Crippen LogP contribution < -0.4 is 5.32 Å². The van der Waals surface area contributed by atoms with Gasteiger partial charge >= 0.3 is 156 Å². The van der Waals surface area contributed by atoms with Gasteiger partial charge in [0.25, 0.3) is 0 Å². The zero-order chi connectivity index (χ0) is 16.5. The van der Waals surface area contributed by atoms with Gasteiger partial charge in [-0.3, -0.25) is 0 Å². The van der Waals surface area contributed by atoms with E-state index in [4.69, 9.17) is 10.00 Å². The summed E-state index contributed by atoms with van der Waals surface area (Å²) in [5.41, 5.74) is 2.68. The Morgan fingerprint density at radius 1 is 1.38 bits per heavy atom. The molecule has 0 atom stereocenters. The van der Waals surface area contributed by atoms with Crippen LogP contribution in [0.5, 0.6) is 0 Å². The zero-order valence-corrected chi connectivity index (χ0v) is 16.4. The number of nitrogens with one attached hydrogen (secondary N) is 1. The molecule has 1 fully saturated rings. The number of nitriles is 1. The van der Waals surface area contributed by atoms with Crippen molar-refractivity contribution in [2.45, 2.75) is 6.04 Å². The summed E-state index contributed by atoms with van der Waals surface area (Å²) in [4.78, 5) is 9.07. The van der Waals surface area contributed by atoms with Crippen LogP contribution in [0.3, 0.4) is 0 Å². The number of aliphatic imine (C=N–C) groups is 1. The first-order valence-electron chi connectivity index (χ1n) is 7.44. The summed E-state index contributed by atoms with van der Waals surface area (Å²) < 4.78 is 9.54. The van der Waals surface area contributed by atoms with E-state index in [1.165, 1.54) is 7.16 Å². The predicted molar refractivity (Wildman–Crippen MR) is 107 cm³/mol. The minimum atomic E-state index is -1.63. The number of nitrogens with zero attached hydrogens (tertiary/aromatic N) is 3. The molecule has 0 aliphatic carbocycles. The molecule has 24 heavy (non-hydrogen) atoms. The fourth-order valence-electron chi connectivity index (χ4n) is 2.54.